The summed E-state index contributed by atoms with van der Waals surface area (Å²) in [7, 11) is -2.01. The van der Waals surface area contributed by atoms with Crippen molar-refractivity contribution >= 4 is 21.7 Å². The fourth-order valence-electron chi connectivity index (χ4n) is 6.19. The Morgan fingerprint density at radius 2 is 1.60 bits per heavy atom. The van der Waals surface area contributed by atoms with Crippen LogP contribution >= 0.6 is 0 Å². The summed E-state index contributed by atoms with van der Waals surface area (Å²) in [5.74, 6) is -0.110. The minimum atomic E-state index is -3.73. The van der Waals surface area contributed by atoms with Gasteiger partial charge in [0.15, 0.2) is 10.8 Å². The maximum absolute atomic E-state index is 14.7. The number of imidazole rings is 1. The second-order valence-corrected chi connectivity index (χ2v) is 13.9. The molecule has 47 heavy (non-hydrogen) atoms. The summed E-state index contributed by atoms with van der Waals surface area (Å²) in [4.78, 5) is 42.1. The summed E-state index contributed by atoms with van der Waals surface area (Å²) in [6.45, 7) is 0.896. The molecule has 1 amide bonds. The van der Waals surface area contributed by atoms with Crippen molar-refractivity contribution in [3.05, 3.63) is 120 Å². The summed E-state index contributed by atoms with van der Waals surface area (Å²) in [5, 5.41) is 12.7. The number of pyridine rings is 2. The average Bonchev–Trinajstić information content (AvgIpc) is 3.63. The highest BCUT2D eigenvalue weighted by Crippen LogP contribution is 2.33. The molecule has 4 aromatic rings. The number of ketones is 1. The van der Waals surface area contributed by atoms with Crippen LogP contribution in [0, 0.1) is 17.2 Å². The molecule has 6 rings (SSSR count). The van der Waals surface area contributed by atoms with Crippen LogP contribution in [0.25, 0.3) is 0 Å². The molecule has 0 atom stereocenters. The molecule has 2 saturated heterocycles. The molecule has 5 heterocycles. The first-order chi connectivity index (χ1) is 22.7. The van der Waals surface area contributed by atoms with E-state index in [-0.39, 0.29) is 22.6 Å². The lowest BCUT2D eigenvalue weighted by Gasteiger charge is -2.33. The smallest absolute Gasteiger partial charge is 0.262 e. The SMILES string of the molecule is Cn1cnc(S(=O)(=O)N2CCC(CN3C(=O)C(Cc4ccncc4)(Cc4ccncc4)NC3=CC(=O)c3ccc(C#N)cc3)CC2)c1. The van der Waals surface area contributed by atoms with E-state index in [4.69, 9.17) is 0 Å². The molecular weight excluding hydrogens is 616 g/mol. The zero-order chi connectivity index (χ0) is 33.0. The number of sulfonamides is 1. The van der Waals surface area contributed by atoms with Gasteiger partial charge in [0.2, 0.25) is 0 Å². The van der Waals surface area contributed by atoms with Crippen LogP contribution in [0.5, 0.6) is 0 Å². The van der Waals surface area contributed by atoms with Gasteiger partial charge in [0.05, 0.1) is 18.0 Å². The normalized spacial score (nSPS) is 17.8. The van der Waals surface area contributed by atoms with Gasteiger partial charge in [0.1, 0.15) is 11.4 Å². The van der Waals surface area contributed by atoms with Crippen molar-refractivity contribution in [3.8, 4) is 6.07 Å². The number of nitrogens with zero attached hydrogens (tertiary/aromatic N) is 7. The summed E-state index contributed by atoms with van der Waals surface area (Å²) in [6.07, 6.45) is 12.9. The van der Waals surface area contributed by atoms with Crippen molar-refractivity contribution in [3.63, 3.8) is 0 Å². The van der Waals surface area contributed by atoms with Gasteiger partial charge in [0.25, 0.3) is 15.9 Å². The third-order valence-electron chi connectivity index (χ3n) is 8.69. The Kier molecular flexibility index (Phi) is 8.97. The molecule has 12 nitrogen and oxygen atoms in total. The number of hydrogen-bond acceptors (Lipinski definition) is 9. The Morgan fingerprint density at radius 1 is 1.00 bits per heavy atom. The van der Waals surface area contributed by atoms with Gasteiger partial charge >= 0.3 is 0 Å². The molecule has 240 valence electrons. The maximum Gasteiger partial charge on any atom is 0.262 e. The standard InChI is InChI=1S/C34H34N8O4S/c1-40-23-32(38-24-40)47(45,46)41-16-10-28(11-17-41)22-42-31(18-30(43)29-4-2-27(21-35)3-5-29)39-34(33(42)44,19-25-6-12-36-13-7-25)20-26-8-14-37-15-9-26/h2-9,12-15,18,23-24,28,39H,10-11,16-17,19-20,22H2,1H3. The van der Waals surface area contributed by atoms with Crippen molar-refractivity contribution in [2.75, 3.05) is 19.6 Å². The molecule has 1 aromatic carbocycles. The van der Waals surface area contributed by atoms with Gasteiger partial charge in [-0.1, -0.05) is 0 Å². The second kappa shape index (κ2) is 13.3. The van der Waals surface area contributed by atoms with Crippen LogP contribution in [-0.2, 0) is 34.7 Å². The van der Waals surface area contributed by atoms with Crippen molar-refractivity contribution in [2.45, 2.75) is 36.2 Å². The van der Waals surface area contributed by atoms with Crippen LogP contribution in [0.4, 0.5) is 0 Å². The molecular formula is C34H34N8O4S. The summed E-state index contributed by atoms with van der Waals surface area (Å²) in [6, 6.07) is 15.9. The Balaban J connectivity index is 1.30. The molecule has 0 saturated carbocycles. The van der Waals surface area contributed by atoms with Crippen molar-refractivity contribution < 1.29 is 18.0 Å². The number of aryl methyl sites for hydroxylation is 1. The number of benzene rings is 1. The average molecular weight is 651 g/mol. The summed E-state index contributed by atoms with van der Waals surface area (Å²) in [5.41, 5.74) is 1.53. The third kappa shape index (κ3) is 6.84. The fraction of sp³-hybridized carbons (Fsp3) is 0.294. The van der Waals surface area contributed by atoms with Crippen molar-refractivity contribution in [2.24, 2.45) is 13.0 Å². The fourth-order valence-corrected chi connectivity index (χ4v) is 7.63. The Morgan fingerprint density at radius 3 is 2.13 bits per heavy atom. The first-order valence-electron chi connectivity index (χ1n) is 15.3. The molecule has 3 aromatic heterocycles. The molecule has 0 bridgehead atoms. The van der Waals surface area contributed by atoms with E-state index in [9.17, 15) is 23.3 Å². The van der Waals surface area contributed by atoms with Crippen LogP contribution in [0.15, 0.2) is 103 Å². The van der Waals surface area contributed by atoms with Gasteiger partial charge in [-0.2, -0.15) is 9.57 Å². The van der Waals surface area contributed by atoms with E-state index in [1.54, 1.807) is 65.6 Å². The van der Waals surface area contributed by atoms with Gasteiger partial charge in [0, 0.05) is 82.1 Å². The van der Waals surface area contributed by atoms with E-state index in [1.807, 2.05) is 24.3 Å². The minimum absolute atomic E-state index is 0.0120. The van der Waals surface area contributed by atoms with Gasteiger partial charge in [-0.3, -0.25) is 24.5 Å². The van der Waals surface area contributed by atoms with Crippen LogP contribution in [0.3, 0.4) is 0 Å². The Labute approximate surface area is 273 Å². The minimum Gasteiger partial charge on any atom is -0.357 e. The number of rotatable bonds is 10. The first kappa shape index (κ1) is 31.8. The lowest BCUT2D eigenvalue weighted by molar-refractivity contribution is -0.132. The molecule has 2 fully saturated rings. The molecule has 0 spiro atoms. The van der Waals surface area contributed by atoms with Crippen molar-refractivity contribution in [1.82, 2.24) is 34.0 Å². The van der Waals surface area contributed by atoms with E-state index >= 15 is 0 Å². The predicted octanol–water partition coefficient (Wildman–Crippen LogP) is 2.86. The third-order valence-corrected chi connectivity index (χ3v) is 10.5. The number of piperidine rings is 1. The number of allylic oxidation sites excluding steroid dienone is 1. The van der Waals surface area contributed by atoms with Crippen LogP contribution < -0.4 is 5.32 Å². The highest BCUT2D eigenvalue weighted by molar-refractivity contribution is 7.89. The topological polar surface area (TPSA) is 154 Å². The zero-order valence-corrected chi connectivity index (χ0v) is 26.7. The highest BCUT2D eigenvalue weighted by atomic mass is 32.2. The van der Waals surface area contributed by atoms with Gasteiger partial charge in [-0.05, 0) is 78.4 Å². The molecule has 2 aliphatic rings. The monoisotopic (exact) mass is 650 g/mol. The molecule has 0 aliphatic carbocycles. The van der Waals surface area contributed by atoms with E-state index in [2.05, 4.69) is 26.3 Å². The van der Waals surface area contributed by atoms with Gasteiger partial charge in [-0.15, -0.1) is 0 Å². The van der Waals surface area contributed by atoms with E-state index in [0.717, 1.165) is 11.1 Å². The van der Waals surface area contributed by atoms with Gasteiger partial charge in [-0.25, -0.2) is 13.4 Å². The molecule has 0 radical (unpaired) electrons. The lowest BCUT2D eigenvalue weighted by atomic mass is 9.84. The number of aromatic nitrogens is 4. The first-order valence-corrected chi connectivity index (χ1v) is 16.7. The predicted molar refractivity (Wildman–Crippen MR) is 172 cm³/mol. The van der Waals surface area contributed by atoms with Gasteiger partial charge < -0.3 is 9.88 Å². The largest absolute Gasteiger partial charge is 0.357 e. The molecule has 0 unspecified atom stereocenters. The number of nitrogens with one attached hydrogen (secondary N) is 1. The second-order valence-electron chi connectivity index (χ2n) is 12.0. The highest BCUT2D eigenvalue weighted by Gasteiger charge is 2.50. The summed E-state index contributed by atoms with van der Waals surface area (Å²) < 4.78 is 29.4. The van der Waals surface area contributed by atoms with Crippen LogP contribution in [0.1, 0.15) is 39.9 Å². The maximum atomic E-state index is 14.7. The molecule has 13 heteroatoms. The summed E-state index contributed by atoms with van der Waals surface area (Å²) >= 11 is 0. The lowest BCUT2D eigenvalue weighted by Crippen LogP contribution is -2.51. The van der Waals surface area contributed by atoms with E-state index < -0.39 is 15.6 Å². The number of carbonyl (C=O) groups excluding carboxylic acids is 2. The van der Waals surface area contributed by atoms with Crippen LogP contribution in [-0.4, -0.2) is 74.0 Å². The molecule has 1 N–H and O–H groups in total. The van der Waals surface area contributed by atoms with Crippen LogP contribution in [0.2, 0.25) is 0 Å². The number of nitriles is 1. The van der Waals surface area contributed by atoms with E-state index in [1.165, 1.54) is 22.9 Å². The number of carbonyl (C=O) groups is 2. The molecule has 2 aliphatic heterocycles. The Bertz CT molecular complexity index is 1890. The van der Waals surface area contributed by atoms with Crippen molar-refractivity contribution in [1.29, 1.82) is 5.26 Å². The zero-order valence-electron chi connectivity index (χ0n) is 25.9. The van der Waals surface area contributed by atoms with E-state index in [0.29, 0.717) is 62.3 Å². The number of hydrogen-bond donors (Lipinski definition) is 1. The quantitative estimate of drug-likeness (QED) is 0.202. The number of amides is 1. The Hall–Kier alpha value is -5.19.